The van der Waals surface area contributed by atoms with E-state index < -0.39 is 15.8 Å². The number of nitro benzene ring substituents is 2. The van der Waals surface area contributed by atoms with Crippen molar-refractivity contribution in [2.45, 2.75) is 6.92 Å². The van der Waals surface area contributed by atoms with Crippen LogP contribution in [0.25, 0.3) is 12.2 Å². The normalized spacial score (nSPS) is 11.3. The van der Waals surface area contributed by atoms with E-state index in [0.717, 1.165) is 6.21 Å². The van der Waals surface area contributed by atoms with Crippen LogP contribution in [0.1, 0.15) is 22.7 Å². The first-order valence-corrected chi connectivity index (χ1v) is 8.25. The quantitative estimate of drug-likeness (QED) is 0.370. The average Bonchev–Trinajstić information content (AvgIpc) is 3.05. The molecule has 1 heterocycles. The largest absolute Gasteiger partial charge is 0.479 e. The van der Waals surface area contributed by atoms with E-state index in [1.54, 1.807) is 19.1 Å². The number of rotatable bonds is 6. The summed E-state index contributed by atoms with van der Waals surface area (Å²) < 4.78 is 5.10. The number of aliphatic imine (C=N–C) groups is 1. The number of nitrogens with zero attached hydrogens (tertiary/aromatic N) is 4. The second-order valence-corrected chi connectivity index (χ2v) is 5.94. The van der Waals surface area contributed by atoms with Crippen LogP contribution in [-0.4, -0.2) is 26.2 Å². The Morgan fingerprint density at radius 3 is 2.62 bits per heavy atom. The van der Waals surface area contributed by atoms with Crippen LogP contribution >= 0.6 is 0 Å². The first kappa shape index (κ1) is 19.4. The van der Waals surface area contributed by atoms with Crippen molar-refractivity contribution in [2.75, 3.05) is 0 Å². The first-order valence-electron chi connectivity index (χ1n) is 8.25. The Hall–Kier alpha value is -4.34. The molecule has 3 rings (SSSR count). The van der Waals surface area contributed by atoms with E-state index in [1.165, 1.54) is 42.5 Å². The van der Waals surface area contributed by atoms with E-state index >= 15 is 0 Å². The monoisotopic (exact) mass is 394 g/mol. The molecule has 0 spiro atoms. The predicted molar refractivity (Wildman–Crippen MR) is 105 cm³/mol. The summed E-state index contributed by atoms with van der Waals surface area (Å²) >= 11 is 0. The number of non-ortho nitro benzene ring substituents is 1. The fourth-order valence-corrected chi connectivity index (χ4v) is 2.43. The molecule has 0 atom stereocenters. The fourth-order valence-electron chi connectivity index (χ4n) is 2.43. The molecule has 10 heteroatoms. The maximum Gasteiger partial charge on any atom is 0.312 e. The van der Waals surface area contributed by atoms with Gasteiger partial charge in [-0.25, -0.2) is 9.98 Å². The predicted octanol–water partition coefficient (Wildman–Crippen LogP) is 4.43. The van der Waals surface area contributed by atoms with Gasteiger partial charge in [-0.1, -0.05) is 18.2 Å². The molecule has 10 nitrogen and oxygen atoms in total. The van der Waals surface area contributed by atoms with E-state index in [4.69, 9.17) is 4.42 Å². The van der Waals surface area contributed by atoms with E-state index in [9.17, 15) is 25.3 Å². The van der Waals surface area contributed by atoms with E-state index in [2.05, 4.69) is 9.98 Å². The van der Waals surface area contributed by atoms with Crippen LogP contribution in [0.4, 0.5) is 17.1 Å². The lowest BCUT2D eigenvalue weighted by molar-refractivity contribution is -0.384. The number of aromatic nitrogens is 1. The molecule has 0 saturated carbocycles. The van der Waals surface area contributed by atoms with Gasteiger partial charge in [0.15, 0.2) is 5.69 Å². The molecule has 3 aromatic rings. The molecule has 0 aliphatic rings. The fraction of sp³-hybridized carbons (Fsp3) is 0.0526. The Kier molecular flexibility index (Phi) is 5.44. The van der Waals surface area contributed by atoms with E-state index in [0.29, 0.717) is 11.1 Å². The SMILES string of the molecule is Cc1ccc(N=Cc2nc(C=Cc3cccc([N+](=O)[O-])c3)oc2O)c([N+](=O)[O-])c1. The first-order chi connectivity index (χ1) is 13.8. The lowest BCUT2D eigenvalue weighted by Crippen LogP contribution is -1.90. The Morgan fingerprint density at radius 2 is 1.90 bits per heavy atom. The van der Waals surface area contributed by atoms with Gasteiger partial charge in [0, 0.05) is 24.3 Å². The molecule has 0 aliphatic heterocycles. The molecule has 0 saturated heterocycles. The molecule has 0 radical (unpaired) electrons. The number of aryl methyl sites for hydroxylation is 1. The highest BCUT2D eigenvalue weighted by Gasteiger charge is 2.14. The molecule has 0 aliphatic carbocycles. The summed E-state index contributed by atoms with van der Waals surface area (Å²) in [7, 11) is 0. The number of hydrogen-bond donors (Lipinski definition) is 1. The zero-order chi connectivity index (χ0) is 21.0. The lowest BCUT2D eigenvalue weighted by atomic mass is 10.2. The smallest absolute Gasteiger partial charge is 0.312 e. The van der Waals surface area contributed by atoms with Crippen molar-refractivity contribution in [2.24, 2.45) is 4.99 Å². The standard InChI is InChI=1S/C19H14N4O6/c1-12-5-7-15(17(9-12)23(27)28)20-11-16-19(24)29-18(21-16)8-6-13-3-2-4-14(10-13)22(25)26/h2-11,24H,1H3. The van der Waals surface area contributed by atoms with Crippen molar-refractivity contribution in [3.8, 4) is 5.95 Å². The summed E-state index contributed by atoms with van der Waals surface area (Å²) in [6.07, 6.45) is 4.11. The summed E-state index contributed by atoms with van der Waals surface area (Å²) in [6, 6.07) is 10.5. The van der Waals surface area contributed by atoms with Gasteiger partial charge in [0.05, 0.1) is 16.1 Å². The lowest BCUT2D eigenvalue weighted by Gasteiger charge is -1.98. The highest BCUT2D eigenvalue weighted by molar-refractivity contribution is 5.84. The van der Waals surface area contributed by atoms with Crippen LogP contribution in [-0.2, 0) is 0 Å². The third kappa shape index (κ3) is 4.69. The van der Waals surface area contributed by atoms with Crippen LogP contribution < -0.4 is 0 Å². The van der Waals surface area contributed by atoms with Crippen molar-refractivity contribution in [1.29, 1.82) is 0 Å². The molecule has 2 aromatic carbocycles. The summed E-state index contributed by atoms with van der Waals surface area (Å²) in [4.78, 5) is 28.9. The molecule has 0 unspecified atom stereocenters. The Bertz CT molecular complexity index is 1150. The molecule has 1 N–H and O–H groups in total. The summed E-state index contributed by atoms with van der Waals surface area (Å²) in [5, 5.41) is 31.8. The van der Waals surface area contributed by atoms with Gasteiger partial charge in [0.1, 0.15) is 5.69 Å². The summed E-state index contributed by atoms with van der Waals surface area (Å²) in [5.74, 6) is -0.476. The Balaban J connectivity index is 1.82. The summed E-state index contributed by atoms with van der Waals surface area (Å²) in [5.41, 5.74) is 1.12. The van der Waals surface area contributed by atoms with Crippen molar-refractivity contribution < 1.29 is 19.4 Å². The molecule has 0 bridgehead atoms. The van der Waals surface area contributed by atoms with Crippen molar-refractivity contribution >= 4 is 35.4 Å². The van der Waals surface area contributed by atoms with Crippen LogP contribution in [0.3, 0.4) is 0 Å². The third-order valence-electron chi connectivity index (χ3n) is 3.80. The molecule has 0 fully saturated rings. The Morgan fingerprint density at radius 1 is 1.10 bits per heavy atom. The maximum absolute atomic E-state index is 11.1. The van der Waals surface area contributed by atoms with Crippen molar-refractivity contribution in [3.63, 3.8) is 0 Å². The van der Waals surface area contributed by atoms with Gasteiger partial charge in [-0.2, -0.15) is 0 Å². The summed E-state index contributed by atoms with van der Waals surface area (Å²) in [6.45, 7) is 1.73. The van der Waals surface area contributed by atoms with Gasteiger partial charge in [0.2, 0.25) is 5.89 Å². The van der Waals surface area contributed by atoms with Gasteiger partial charge in [0.25, 0.3) is 11.4 Å². The zero-order valence-corrected chi connectivity index (χ0v) is 15.1. The molecule has 1 aromatic heterocycles. The zero-order valence-electron chi connectivity index (χ0n) is 15.1. The van der Waals surface area contributed by atoms with Crippen molar-refractivity contribution in [3.05, 3.63) is 85.4 Å². The number of nitro groups is 2. The second-order valence-electron chi connectivity index (χ2n) is 5.94. The molecule has 29 heavy (non-hydrogen) atoms. The Labute approximate surface area is 163 Å². The third-order valence-corrected chi connectivity index (χ3v) is 3.80. The molecular weight excluding hydrogens is 380 g/mol. The van der Waals surface area contributed by atoms with Crippen LogP contribution in [0.2, 0.25) is 0 Å². The van der Waals surface area contributed by atoms with E-state index in [1.807, 2.05) is 0 Å². The highest BCUT2D eigenvalue weighted by Crippen LogP contribution is 2.28. The van der Waals surface area contributed by atoms with E-state index in [-0.39, 0.29) is 28.6 Å². The van der Waals surface area contributed by atoms with Crippen molar-refractivity contribution in [1.82, 2.24) is 4.98 Å². The number of aromatic hydroxyl groups is 1. The van der Waals surface area contributed by atoms with Gasteiger partial charge in [-0.15, -0.1) is 0 Å². The minimum Gasteiger partial charge on any atom is -0.479 e. The van der Waals surface area contributed by atoms with Gasteiger partial charge in [-0.3, -0.25) is 20.2 Å². The second kappa shape index (κ2) is 8.13. The van der Waals surface area contributed by atoms with Crippen LogP contribution in [0, 0.1) is 27.2 Å². The topological polar surface area (TPSA) is 145 Å². The van der Waals surface area contributed by atoms with Gasteiger partial charge < -0.3 is 9.52 Å². The number of benzene rings is 2. The van der Waals surface area contributed by atoms with Crippen LogP contribution in [0.15, 0.2) is 51.9 Å². The minimum atomic E-state index is -0.546. The van der Waals surface area contributed by atoms with Gasteiger partial charge >= 0.3 is 5.95 Å². The van der Waals surface area contributed by atoms with Gasteiger partial charge in [-0.05, 0) is 30.2 Å². The molecular formula is C19H14N4O6. The molecule has 0 amide bonds. The average molecular weight is 394 g/mol. The number of hydrogen-bond acceptors (Lipinski definition) is 8. The highest BCUT2D eigenvalue weighted by atomic mass is 16.6. The molecule has 146 valence electrons. The van der Waals surface area contributed by atoms with Crippen LogP contribution in [0.5, 0.6) is 5.95 Å². The minimum absolute atomic E-state index is 0.0152. The maximum atomic E-state index is 11.1. The number of oxazole rings is 1.